The molecule has 3 rings (SSSR count). The molecule has 2 N–H and O–H groups in total. The molecule has 1 heterocycles. The summed E-state index contributed by atoms with van der Waals surface area (Å²) >= 11 is 1.69. The zero-order valence-corrected chi connectivity index (χ0v) is 10.8. The van der Waals surface area contributed by atoms with Crippen LogP contribution < -0.4 is 10.5 Å². The molecule has 0 aliphatic heterocycles. The number of hydrogen-bond donors (Lipinski definition) is 1. The lowest BCUT2D eigenvalue weighted by Crippen LogP contribution is -2.08. The maximum atomic E-state index is 5.67. The van der Waals surface area contributed by atoms with Gasteiger partial charge in [0.05, 0.1) is 15.9 Å². The molecule has 90 valence electrons. The Kier molecular flexibility index (Phi) is 2.64. The van der Waals surface area contributed by atoms with Crippen molar-refractivity contribution in [2.45, 2.75) is 0 Å². The predicted molar refractivity (Wildman–Crippen MR) is 76.9 cm³/mol. The number of rotatable bonds is 1. The van der Waals surface area contributed by atoms with E-state index in [-0.39, 0.29) is 0 Å². The molecule has 0 unspecified atom stereocenters. The van der Waals surface area contributed by atoms with Crippen LogP contribution in [0.1, 0.15) is 0 Å². The first-order valence-electron chi connectivity index (χ1n) is 5.69. The molecule has 2 aromatic carbocycles. The van der Waals surface area contributed by atoms with E-state index in [0.717, 1.165) is 16.2 Å². The number of nitrogens with zero attached hydrogens (tertiary/aromatic N) is 2. The van der Waals surface area contributed by atoms with Crippen molar-refractivity contribution in [2.75, 3.05) is 5.73 Å². The minimum atomic E-state index is 0.759. The fourth-order valence-corrected chi connectivity index (χ4v) is 2.89. The van der Waals surface area contributed by atoms with Gasteiger partial charge in [-0.25, -0.2) is 4.99 Å². The van der Waals surface area contributed by atoms with Gasteiger partial charge in [0.2, 0.25) is 0 Å². The first-order valence-corrected chi connectivity index (χ1v) is 6.50. The molecule has 0 saturated heterocycles. The van der Waals surface area contributed by atoms with E-state index in [0.29, 0.717) is 0 Å². The van der Waals surface area contributed by atoms with Gasteiger partial charge in [-0.3, -0.25) is 0 Å². The summed E-state index contributed by atoms with van der Waals surface area (Å²) in [6.45, 7) is 0. The lowest BCUT2D eigenvalue weighted by molar-refractivity contribution is 0.912. The van der Waals surface area contributed by atoms with Crippen LogP contribution in [-0.2, 0) is 7.05 Å². The largest absolute Gasteiger partial charge is 0.399 e. The van der Waals surface area contributed by atoms with Gasteiger partial charge in [0.25, 0.3) is 0 Å². The number of hydrogen-bond acceptors (Lipinski definition) is 3. The molecule has 0 spiro atoms. The van der Waals surface area contributed by atoms with Gasteiger partial charge >= 0.3 is 0 Å². The Balaban J connectivity index is 2.19. The van der Waals surface area contributed by atoms with E-state index in [1.807, 2.05) is 43.4 Å². The topological polar surface area (TPSA) is 43.3 Å². The Morgan fingerprint density at radius 1 is 1.06 bits per heavy atom. The molecule has 3 nitrogen and oxygen atoms in total. The van der Waals surface area contributed by atoms with E-state index in [1.54, 1.807) is 11.3 Å². The SMILES string of the molecule is Cn1c(=Nc2ccc(N)cc2)sc2ccccc21. The van der Waals surface area contributed by atoms with Gasteiger partial charge in [-0.15, -0.1) is 0 Å². The van der Waals surface area contributed by atoms with Gasteiger partial charge in [-0.2, -0.15) is 0 Å². The Labute approximate surface area is 109 Å². The number of thiazole rings is 1. The van der Waals surface area contributed by atoms with Crippen molar-refractivity contribution in [1.82, 2.24) is 4.57 Å². The lowest BCUT2D eigenvalue weighted by Gasteiger charge is -1.96. The van der Waals surface area contributed by atoms with Crippen molar-refractivity contribution >= 4 is 32.9 Å². The van der Waals surface area contributed by atoms with Crippen LogP contribution in [0.15, 0.2) is 53.5 Å². The highest BCUT2D eigenvalue weighted by Gasteiger charge is 2.01. The van der Waals surface area contributed by atoms with Crippen LogP contribution in [0.25, 0.3) is 10.2 Å². The van der Waals surface area contributed by atoms with Crippen molar-refractivity contribution in [3.05, 3.63) is 53.3 Å². The van der Waals surface area contributed by atoms with Gasteiger partial charge in [0, 0.05) is 12.7 Å². The van der Waals surface area contributed by atoms with Crippen molar-refractivity contribution in [2.24, 2.45) is 12.0 Å². The molecule has 0 saturated carbocycles. The van der Waals surface area contributed by atoms with Crippen LogP contribution in [0.3, 0.4) is 0 Å². The fraction of sp³-hybridized carbons (Fsp3) is 0.0714. The van der Waals surface area contributed by atoms with Gasteiger partial charge in [0.1, 0.15) is 0 Å². The van der Waals surface area contributed by atoms with E-state index in [9.17, 15) is 0 Å². The van der Waals surface area contributed by atoms with Crippen molar-refractivity contribution in [3.8, 4) is 0 Å². The average Bonchev–Trinajstić information content (AvgIpc) is 2.70. The third kappa shape index (κ3) is 1.91. The number of anilines is 1. The third-order valence-electron chi connectivity index (χ3n) is 2.83. The summed E-state index contributed by atoms with van der Waals surface area (Å²) in [6, 6.07) is 15.9. The second-order valence-electron chi connectivity index (χ2n) is 4.11. The van der Waals surface area contributed by atoms with E-state index < -0.39 is 0 Å². The predicted octanol–water partition coefficient (Wildman–Crippen LogP) is 3.05. The van der Waals surface area contributed by atoms with Crippen LogP contribution in [0.2, 0.25) is 0 Å². The summed E-state index contributed by atoms with van der Waals surface area (Å²) in [5.41, 5.74) is 8.55. The Hall–Kier alpha value is -2.07. The molecule has 4 heteroatoms. The fourth-order valence-electron chi connectivity index (χ4n) is 1.85. The molecule has 0 aliphatic rings. The van der Waals surface area contributed by atoms with E-state index in [1.165, 1.54) is 10.2 Å². The highest BCUT2D eigenvalue weighted by Crippen LogP contribution is 2.18. The van der Waals surface area contributed by atoms with Crippen LogP contribution >= 0.6 is 11.3 Å². The number of nitrogen functional groups attached to an aromatic ring is 1. The molecule has 0 amide bonds. The van der Waals surface area contributed by atoms with E-state index in [4.69, 9.17) is 5.73 Å². The number of benzene rings is 2. The highest BCUT2D eigenvalue weighted by molar-refractivity contribution is 7.16. The second kappa shape index (κ2) is 4.31. The van der Waals surface area contributed by atoms with Crippen molar-refractivity contribution < 1.29 is 0 Å². The highest BCUT2D eigenvalue weighted by atomic mass is 32.1. The number of aryl methyl sites for hydroxylation is 1. The number of aromatic nitrogens is 1. The Morgan fingerprint density at radius 3 is 2.50 bits per heavy atom. The van der Waals surface area contributed by atoms with Gasteiger partial charge in [-0.05, 0) is 36.4 Å². The van der Waals surface area contributed by atoms with Crippen LogP contribution in [-0.4, -0.2) is 4.57 Å². The van der Waals surface area contributed by atoms with Gasteiger partial charge in [0.15, 0.2) is 4.80 Å². The quantitative estimate of drug-likeness (QED) is 0.667. The van der Waals surface area contributed by atoms with Gasteiger partial charge in [-0.1, -0.05) is 23.5 Å². The van der Waals surface area contributed by atoms with Gasteiger partial charge < -0.3 is 10.3 Å². The number of fused-ring (bicyclic) bond motifs is 1. The van der Waals surface area contributed by atoms with Crippen molar-refractivity contribution in [3.63, 3.8) is 0 Å². The van der Waals surface area contributed by atoms with E-state index >= 15 is 0 Å². The average molecular weight is 255 g/mol. The lowest BCUT2D eigenvalue weighted by atomic mass is 10.3. The first-order chi connectivity index (χ1) is 8.74. The maximum absolute atomic E-state index is 5.67. The summed E-state index contributed by atoms with van der Waals surface area (Å²) in [7, 11) is 2.04. The zero-order chi connectivity index (χ0) is 12.5. The molecule has 0 bridgehead atoms. The summed E-state index contributed by atoms with van der Waals surface area (Å²) in [6.07, 6.45) is 0. The molecular weight excluding hydrogens is 242 g/mol. The summed E-state index contributed by atoms with van der Waals surface area (Å²) in [5, 5.41) is 0. The minimum Gasteiger partial charge on any atom is -0.399 e. The molecule has 0 radical (unpaired) electrons. The molecule has 0 aliphatic carbocycles. The van der Waals surface area contributed by atoms with E-state index in [2.05, 4.69) is 21.7 Å². The van der Waals surface area contributed by atoms with Crippen LogP contribution in [0.4, 0.5) is 11.4 Å². The molecule has 1 aromatic heterocycles. The van der Waals surface area contributed by atoms with Crippen LogP contribution in [0, 0.1) is 0 Å². The monoisotopic (exact) mass is 255 g/mol. The number of nitrogens with two attached hydrogens (primary N) is 1. The normalized spacial score (nSPS) is 12.2. The minimum absolute atomic E-state index is 0.759. The summed E-state index contributed by atoms with van der Waals surface area (Å²) in [4.78, 5) is 5.63. The van der Waals surface area contributed by atoms with Crippen molar-refractivity contribution in [1.29, 1.82) is 0 Å². The zero-order valence-electron chi connectivity index (χ0n) is 10.00. The molecule has 3 aromatic rings. The summed E-state index contributed by atoms with van der Waals surface area (Å²) in [5.74, 6) is 0. The van der Waals surface area contributed by atoms with Crippen LogP contribution in [0.5, 0.6) is 0 Å². The summed E-state index contributed by atoms with van der Waals surface area (Å²) < 4.78 is 3.35. The third-order valence-corrected chi connectivity index (χ3v) is 3.95. The molecule has 0 atom stereocenters. The molecule has 0 fully saturated rings. The molecule has 18 heavy (non-hydrogen) atoms. The second-order valence-corrected chi connectivity index (χ2v) is 5.12. The Bertz CT molecular complexity index is 751. The standard InChI is InChI=1S/C14H13N3S/c1-17-12-4-2-3-5-13(12)18-14(17)16-11-8-6-10(15)7-9-11/h2-9H,15H2,1H3. The smallest absolute Gasteiger partial charge is 0.190 e. The molecular formula is C14H13N3S. The Morgan fingerprint density at radius 2 is 1.78 bits per heavy atom. The first kappa shape index (κ1) is 11.0. The number of para-hydroxylation sites is 1. The maximum Gasteiger partial charge on any atom is 0.190 e.